The van der Waals surface area contributed by atoms with E-state index in [1.165, 1.54) is 0 Å². The second-order valence-electron chi connectivity index (χ2n) is 2.88. The predicted octanol–water partition coefficient (Wildman–Crippen LogP) is 3.11. The first kappa shape index (κ1) is 9.03. The molecule has 2 nitrogen and oxygen atoms in total. The zero-order valence-electron chi connectivity index (χ0n) is 7.31. The van der Waals surface area contributed by atoms with Crippen molar-refractivity contribution in [2.24, 2.45) is 0 Å². The molecule has 1 N–H and O–H groups in total. The van der Waals surface area contributed by atoms with Crippen LogP contribution in [0.3, 0.4) is 0 Å². The van der Waals surface area contributed by atoms with Gasteiger partial charge in [-0.2, -0.15) is 0 Å². The van der Waals surface area contributed by atoms with E-state index in [0.717, 1.165) is 0 Å². The van der Waals surface area contributed by atoms with Crippen molar-refractivity contribution < 1.29 is 5.11 Å². The van der Waals surface area contributed by atoms with Gasteiger partial charge in [0.1, 0.15) is 5.75 Å². The van der Waals surface area contributed by atoms with Gasteiger partial charge in [-0.25, -0.2) is 0 Å². The summed E-state index contributed by atoms with van der Waals surface area (Å²) in [5.74, 6) is 0.210. The Bertz CT molecular complexity index is 457. The van der Waals surface area contributed by atoms with Crippen molar-refractivity contribution >= 4 is 11.6 Å². The molecule has 70 valence electrons. The van der Waals surface area contributed by atoms with Crippen molar-refractivity contribution in [2.45, 2.75) is 0 Å². The van der Waals surface area contributed by atoms with Gasteiger partial charge in [0.15, 0.2) is 0 Å². The van der Waals surface area contributed by atoms with Gasteiger partial charge in [-0.1, -0.05) is 23.7 Å². The second-order valence-corrected chi connectivity index (χ2v) is 3.31. The second kappa shape index (κ2) is 3.68. The van der Waals surface area contributed by atoms with Crippen molar-refractivity contribution in [1.82, 2.24) is 4.98 Å². The third kappa shape index (κ3) is 1.70. The molecule has 0 amide bonds. The normalized spacial score (nSPS) is 10.1. The lowest BCUT2D eigenvalue weighted by Crippen LogP contribution is -1.82. The van der Waals surface area contributed by atoms with Crippen LogP contribution in [0.5, 0.6) is 5.75 Å². The highest BCUT2D eigenvalue weighted by Crippen LogP contribution is 2.27. The summed E-state index contributed by atoms with van der Waals surface area (Å²) in [7, 11) is 0. The van der Waals surface area contributed by atoms with Crippen LogP contribution in [0, 0.1) is 0 Å². The van der Waals surface area contributed by atoms with Gasteiger partial charge in [-0.3, -0.25) is 4.98 Å². The van der Waals surface area contributed by atoms with Crippen LogP contribution in [-0.2, 0) is 0 Å². The van der Waals surface area contributed by atoms with Crippen LogP contribution in [0.25, 0.3) is 11.3 Å². The average Bonchev–Trinajstić information content (AvgIpc) is 2.18. The molecule has 0 saturated carbocycles. The third-order valence-electron chi connectivity index (χ3n) is 1.90. The molecule has 2 rings (SSSR count). The van der Waals surface area contributed by atoms with Crippen LogP contribution < -0.4 is 0 Å². The maximum atomic E-state index is 9.57. The van der Waals surface area contributed by atoms with Crippen molar-refractivity contribution in [3.05, 3.63) is 47.6 Å². The lowest BCUT2D eigenvalue weighted by Gasteiger charge is -2.02. The van der Waals surface area contributed by atoms with Crippen molar-refractivity contribution in [1.29, 1.82) is 0 Å². The van der Waals surface area contributed by atoms with E-state index < -0.39 is 0 Å². The number of aromatic hydroxyl groups is 1. The molecule has 2 aromatic rings. The van der Waals surface area contributed by atoms with Crippen molar-refractivity contribution in [2.75, 3.05) is 0 Å². The average molecular weight is 206 g/mol. The first-order valence-corrected chi connectivity index (χ1v) is 4.55. The van der Waals surface area contributed by atoms with Crippen LogP contribution in [0.2, 0.25) is 5.02 Å². The number of halogens is 1. The summed E-state index contributed by atoms with van der Waals surface area (Å²) < 4.78 is 0. The number of rotatable bonds is 1. The van der Waals surface area contributed by atoms with Gasteiger partial charge in [-0.05, 0) is 24.3 Å². The Hall–Kier alpha value is -1.54. The van der Waals surface area contributed by atoms with Crippen LogP contribution in [-0.4, -0.2) is 10.1 Å². The van der Waals surface area contributed by atoms with Crippen molar-refractivity contribution in [3.8, 4) is 17.0 Å². The number of aromatic nitrogens is 1. The Morgan fingerprint density at radius 3 is 2.64 bits per heavy atom. The molecule has 0 radical (unpaired) electrons. The fraction of sp³-hybridized carbons (Fsp3) is 0. The summed E-state index contributed by atoms with van der Waals surface area (Å²) in [6.45, 7) is 0. The van der Waals surface area contributed by atoms with Gasteiger partial charge in [0, 0.05) is 16.8 Å². The number of pyridine rings is 1. The number of hydrogen-bond acceptors (Lipinski definition) is 2. The number of hydrogen-bond donors (Lipinski definition) is 1. The number of phenolic OH excluding ortho intramolecular Hbond substituents is 1. The SMILES string of the molecule is Oc1ccccc1-c1cc(Cl)ccn1. The Balaban J connectivity index is 2.55. The van der Waals surface area contributed by atoms with E-state index in [0.29, 0.717) is 16.3 Å². The largest absolute Gasteiger partial charge is 0.507 e. The summed E-state index contributed by atoms with van der Waals surface area (Å²) in [5, 5.41) is 10.2. The molecule has 1 aromatic heterocycles. The summed E-state index contributed by atoms with van der Waals surface area (Å²) in [6.07, 6.45) is 1.62. The topological polar surface area (TPSA) is 33.1 Å². The minimum absolute atomic E-state index is 0.210. The highest BCUT2D eigenvalue weighted by molar-refractivity contribution is 6.30. The van der Waals surface area contributed by atoms with E-state index in [9.17, 15) is 5.11 Å². The smallest absolute Gasteiger partial charge is 0.124 e. The minimum Gasteiger partial charge on any atom is -0.507 e. The number of phenols is 1. The molecule has 0 aliphatic rings. The lowest BCUT2D eigenvalue weighted by atomic mass is 10.1. The Morgan fingerprint density at radius 2 is 1.93 bits per heavy atom. The monoisotopic (exact) mass is 205 g/mol. The summed E-state index contributed by atoms with van der Waals surface area (Å²) in [6, 6.07) is 10.5. The molecule has 0 spiro atoms. The first-order chi connectivity index (χ1) is 6.77. The minimum atomic E-state index is 0.210. The highest BCUT2D eigenvalue weighted by atomic mass is 35.5. The fourth-order valence-corrected chi connectivity index (χ4v) is 1.40. The van der Waals surface area contributed by atoms with E-state index in [2.05, 4.69) is 4.98 Å². The van der Waals surface area contributed by atoms with Crippen LogP contribution >= 0.6 is 11.6 Å². The number of nitrogens with zero attached hydrogens (tertiary/aromatic N) is 1. The quantitative estimate of drug-likeness (QED) is 0.776. The zero-order chi connectivity index (χ0) is 9.97. The molecule has 0 aliphatic carbocycles. The van der Waals surface area contributed by atoms with Gasteiger partial charge in [0.2, 0.25) is 0 Å². The molecule has 0 aliphatic heterocycles. The number of benzene rings is 1. The summed E-state index contributed by atoms with van der Waals surface area (Å²) in [4.78, 5) is 4.13. The Morgan fingerprint density at radius 1 is 1.14 bits per heavy atom. The third-order valence-corrected chi connectivity index (χ3v) is 2.14. The molecular formula is C11H8ClNO. The molecule has 1 heterocycles. The highest BCUT2D eigenvalue weighted by Gasteiger charge is 2.03. The Labute approximate surface area is 86.8 Å². The lowest BCUT2D eigenvalue weighted by molar-refractivity contribution is 0.477. The van der Waals surface area contributed by atoms with Crippen LogP contribution in [0.4, 0.5) is 0 Å². The number of para-hydroxylation sites is 1. The van der Waals surface area contributed by atoms with Gasteiger partial charge in [0.05, 0.1) is 5.69 Å². The predicted molar refractivity (Wildman–Crippen MR) is 56.3 cm³/mol. The zero-order valence-corrected chi connectivity index (χ0v) is 8.07. The summed E-state index contributed by atoms with van der Waals surface area (Å²) in [5.41, 5.74) is 1.37. The molecule has 1 aromatic carbocycles. The van der Waals surface area contributed by atoms with E-state index >= 15 is 0 Å². The maximum Gasteiger partial charge on any atom is 0.124 e. The van der Waals surface area contributed by atoms with Crippen LogP contribution in [0.1, 0.15) is 0 Å². The standard InChI is InChI=1S/C11H8ClNO/c12-8-5-6-13-10(7-8)9-3-1-2-4-11(9)14/h1-7,14H. The summed E-state index contributed by atoms with van der Waals surface area (Å²) >= 11 is 5.83. The first-order valence-electron chi connectivity index (χ1n) is 4.17. The molecular weight excluding hydrogens is 198 g/mol. The molecule has 14 heavy (non-hydrogen) atoms. The van der Waals surface area contributed by atoms with Gasteiger partial charge >= 0.3 is 0 Å². The molecule has 3 heteroatoms. The van der Waals surface area contributed by atoms with Crippen LogP contribution in [0.15, 0.2) is 42.6 Å². The molecule has 0 bridgehead atoms. The van der Waals surface area contributed by atoms with E-state index in [4.69, 9.17) is 11.6 Å². The van der Waals surface area contributed by atoms with E-state index in [1.54, 1.807) is 36.5 Å². The molecule has 0 atom stereocenters. The van der Waals surface area contributed by atoms with E-state index in [1.807, 2.05) is 6.07 Å². The molecule has 0 unspecified atom stereocenters. The maximum absolute atomic E-state index is 9.57. The van der Waals surface area contributed by atoms with Gasteiger partial charge in [-0.15, -0.1) is 0 Å². The van der Waals surface area contributed by atoms with E-state index in [-0.39, 0.29) is 5.75 Å². The molecule has 0 fully saturated rings. The van der Waals surface area contributed by atoms with Gasteiger partial charge in [0.25, 0.3) is 0 Å². The molecule has 0 saturated heterocycles. The fourth-order valence-electron chi connectivity index (χ4n) is 1.24. The van der Waals surface area contributed by atoms with Crippen molar-refractivity contribution in [3.63, 3.8) is 0 Å². The Kier molecular flexibility index (Phi) is 2.37. The van der Waals surface area contributed by atoms with Gasteiger partial charge < -0.3 is 5.11 Å².